The Labute approximate surface area is 264 Å². The number of hydrogen-bond donors (Lipinski definition) is 0. The molecule has 1 aliphatic rings. The van der Waals surface area contributed by atoms with Gasteiger partial charge in [-0.3, -0.25) is 14.5 Å². The molecule has 0 radical (unpaired) electrons. The lowest BCUT2D eigenvalue weighted by Gasteiger charge is -2.23. The monoisotopic (exact) mass is 624 g/mol. The minimum absolute atomic E-state index is 0.0614. The second kappa shape index (κ2) is 12.2. The van der Waals surface area contributed by atoms with Crippen molar-refractivity contribution < 1.29 is 28.2 Å². The first-order valence-corrected chi connectivity index (χ1v) is 15.5. The molecule has 3 aromatic carbocycles. The van der Waals surface area contributed by atoms with Gasteiger partial charge >= 0.3 is 5.97 Å². The molecule has 0 fully saturated rings. The Morgan fingerprint density at radius 2 is 1.69 bits per heavy atom. The third kappa shape index (κ3) is 5.46. The van der Waals surface area contributed by atoms with Crippen molar-refractivity contribution in [2.24, 2.45) is 0 Å². The zero-order chi connectivity index (χ0) is 31.8. The number of carbonyl (C=O) groups is 2. The first kappa shape index (κ1) is 30.1. The Morgan fingerprint density at radius 1 is 0.933 bits per heavy atom. The van der Waals surface area contributed by atoms with E-state index < -0.39 is 17.9 Å². The van der Waals surface area contributed by atoms with Crippen LogP contribution < -0.4 is 19.8 Å². The van der Waals surface area contributed by atoms with Gasteiger partial charge in [-0.15, -0.1) is 0 Å². The molecule has 1 atom stereocenters. The smallest absolute Gasteiger partial charge is 0.350 e. The lowest BCUT2D eigenvalue weighted by Crippen LogP contribution is -2.29. The van der Waals surface area contributed by atoms with Crippen molar-refractivity contribution in [3.8, 4) is 11.5 Å². The summed E-state index contributed by atoms with van der Waals surface area (Å²) in [4.78, 5) is 47.4. The van der Waals surface area contributed by atoms with Gasteiger partial charge in [0, 0.05) is 0 Å². The minimum Gasteiger partial charge on any atom is -0.490 e. The van der Waals surface area contributed by atoms with Crippen LogP contribution in [0.3, 0.4) is 0 Å². The van der Waals surface area contributed by atoms with Crippen molar-refractivity contribution in [1.82, 2.24) is 4.98 Å². The highest BCUT2D eigenvalue weighted by Crippen LogP contribution is 2.45. The first-order chi connectivity index (χ1) is 21.7. The zero-order valence-electron chi connectivity index (χ0n) is 25.6. The summed E-state index contributed by atoms with van der Waals surface area (Å²) < 4.78 is 23.5. The average molecular weight is 625 g/mol. The number of hydrogen-bond acceptors (Lipinski definition) is 9. The number of benzene rings is 3. The molecule has 9 nitrogen and oxygen atoms in total. The molecule has 1 unspecified atom stereocenters. The largest absolute Gasteiger partial charge is 0.490 e. The van der Waals surface area contributed by atoms with Crippen molar-refractivity contribution in [3.63, 3.8) is 0 Å². The number of fused-ring (bicyclic) bond motifs is 2. The second-order valence-corrected chi connectivity index (χ2v) is 11.7. The molecule has 0 bridgehead atoms. The van der Waals surface area contributed by atoms with Gasteiger partial charge in [-0.1, -0.05) is 47.7 Å². The number of rotatable bonds is 9. The summed E-state index contributed by atoms with van der Waals surface area (Å²) in [6.45, 7) is 10.0. The van der Waals surface area contributed by atoms with E-state index in [2.05, 4.69) is 4.98 Å². The van der Waals surface area contributed by atoms with Gasteiger partial charge < -0.3 is 18.6 Å². The molecule has 0 N–H and O–H groups in total. The Morgan fingerprint density at radius 3 is 2.42 bits per heavy atom. The molecule has 1 aliphatic heterocycles. The molecule has 10 heteroatoms. The molecular formula is C35H32N2O7S. The van der Waals surface area contributed by atoms with E-state index in [0.717, 1.165) is 28.0 Å². The van der Waals surface area contributed by atoms with E-state index in [1.165, 1.54) is 4.90 Å². The van der Waals surface area contributed by atoms with Crippen LogP contribution in [0.1, 0.15) is 73.6 Å². The summed E-state index contributed by atoms with van der Waals surface area (Å²) in [5.41, 5.74) is 4.10. The predicted octanol–water partition coefficient (Wildman–Crippen LogP) is 7.08. The standard InChI is InChI=1S/C35H32N2O7S/c1-6-41-27-17-23(13-14-25(27)43-18-22-11-9-8-10-12-22)29-28-30(38)24-15-19(3)20(4)16-26(24)44-31(28)33(39)37(29)35-36-21(5)32(45-35)34(40)42-7-2/h8-17,29H,6-7,18H2,1-5H3. The summed E-state index contributed by atoms with van der Waals surface area (Å²) in [5.74, 6) is -0.130. The third-order valence-corrected chi connectivity index (χ3v) is 8.90. The van der Waals surface area contributed by atoms with Crippen LogP contribution in [0.25, 0.3) is 11.0 Å². The van der Waals surface area contributed by atoms with Gasteiger partial charge in [0.15, 0.2) is 22.1 Å². The van der Waals surface area contributed by atoms with Crippen molar-refractivity contribution in [2.45, 2.75) is 47.3 Å². The SMILES string of the molecule is CCOC(=O)c1sc(N2C(=O)c3oc4cc(C)c(C)cc4c(=O)c3C2c2ccc(OCc3ccccc3)c(OCC)c2)nc1C. The number of anilines is 1. The minimum atomic E-state index is -0.905. The molecule has 45 heavy (non-hydrogen) atoms. The highest BCUT2D eigenvalue weighted by atomic mass is 32.1. The third-order valence-electron chi connectivity index (χ3n) is 7.76. The molecule has 1 amide bonds. The average Bonchev–Trinajstić information content (AvgIpc) is 3.55. The van der Waals surface area contributed by atoms with Crippen LogP contribution in [0, 0.1) is 20.8 Å². The molecule has 0 aliphatic carbocycles. The van der Waals surface area contributed by atoms with E-state index in [1.807, 2.05) is 51.1 Å². The van der Waals surface area contributed by atoms with Crippen LogP contribution in [-0.4, -0.2) is 30.1 Å². The molecule has 0 spiro atoms. The molecular weight excluding hydrogens is 592 g/mol. The molecule has 6 rings (SSSR count). The van der Waals surface area contributed by atoms with Gasteiger partial charge in [0.2, 0.25) is 5.76 Å². The number of ether oxygens (including phenoxy) is 3. The number of carbonyl (C=O) groups excluding carboxylic acids is 2. The molecule has 230 valence electrons. The quantitative estimate of drug-likeness (QED) is 0.160. The lowest BCUT2D eigenvalue weighted by atomic mass is 9.97. The number of thiazole rings is 1. The maximum atomic E-state index is 14.2. The molecule has 2 aromatic heterocycles. The Balaban J connectivity index is 1.51. The number of nitrogens with zero attached hydrogens (tertiary/aromatic N) is 2. The van der Waals surface area contributed by atoms with Gasteiger partial charge in [-0.05, 0) is 81.1 Å². The molecule has 0 saturated carbocycles. The van der Waals surface area contributed by atoms with Gasteiger partial charge in [-0.25, -0.2) is 9.78 Å². The number of aromatic nitrogens is 1. The molecule has 0 saturated heterocycles. The van der Waals surface area contributed by atoms with Crippen molar-refractivity contribution >= 4 is 39.3 Å². The van der Waals surface area contributed by atoms with Crippen LogP contribution >= 0.6 is 11.3 Å². The van der Waals surface area contributed by atoms with Crippen molar-refractivity contribution in [2.75, 3.05) is 18.1 Å². The van der Waals surface area contributed by atoms with Gasteiger partial charge in [0.1, 0.15) is 17.1 Å². The van der Waals surface area contributed by atoms with Crippen molar-refractivity contribution in [3.05, 3.63) is 115 Å². The van der Waals surface area contributed by atoms with Crippen LogP contribution in [-0.2, 0) is 11.3 Å². The zero-order valence-corrected chi connectivity index (χ0v) is 26.4. The van der Waals surface area contributed by atoms with Crippen LogP contribution in [0.15, 0.2) is 69.9 Å². The maximum absolute atomic E-state index is 14.2. The molecule has 3 heterocycles. The van der Waals surface area contributed by atoms with E-state index in [1.54, 1.807) is 44.2 Å². The van der Waals surface area contributed by atoms with Gasteiger partial charge in [-0.2, -0.15) is 0 Å². The number of amides is 1. The first-order valence-electron chi connectivity index (χ1n) is 14.7. The Hall–Kier alpha value is -4.96. The van der Waals surface area contributed by atoms with Crippen molar-refractivity contribution in [1.29, 1.82) is 0 Å². The Kier molecular flexibility index (Phi) is 8.16. The normalized spacial score (nSPS) is 14.1. The van der Waals surface area contributed by atoms with E-state index >= 15 is 0 Å². The fourth-order valence-electron chi connectivity index (χ4n) is 5.43. The van der Waals surface area contributed by atoms with Crippen LogP contribution in [0.2, 0.25) is 0 Å². The highest BCUT2D eigenvalue weighted by Gasteiger charge is 2.45. The van der Waals surface area contributed by atoms with Crippen LogP contribution in [0.4, 0.5) is 5.13 Å². The van der Waals surface area contributed by atoms with E-state index in [-0.39, 0.29) is 33.4 Å². The van der Waals surface area contributed by atoms with E-state index in [0.29, 0.717) is 46.9 Å². The van der Waals surface area contributed by atoms with Gasteiger partial charge in [0.05, 0.1) is 35.9 Å². The summed E-state index contributed by atoms with van der Waals surface area (Å²) >= 11 is 1.04. The Bertz CT molecular complexity index is 2000. The highest BCUT2D eigenvalue weighted by molar-refractivity contribution is 7.17. The van der Waals surface area contributed by atoms with Crippen LogP contribution in [0.5, 0.6) is 11.5 Å². The maximum Gasteiger partial charge on any atom is 0.350 e. The second-order valence-electron chi connectivity index (χ2n) is 10.7. The summed E-state index contributed by atoms with van der Waals surface area (Å²) in [6, 6.07) is 17.8. The van der Waals surface area contributed by atoms with E-state index in [9.17, 15) is 14.4 Å². The summed E-state index contributed by atoms with van der Waals surface area (Å²) in [5, 5.41) is 0.627. The fourth-order valence-corrected chi connectivity index (χ4v) is 6.42. The number of esters is 1. The summed E-state index contributed by atoms with van der Waals surface area (Å²) in [7, 11) is 0. The van der Waals surface area contributed by atoms with E-state index in [4.69, 9.17) is 18.6 Å². The topological polar surface area (TPSA) is 108 Å². The summed E-state index contributed by atoms with van der Waals surface area (Å²) in [6.07, 6.45) is 0. The fraction of sp³-hybridized carbons (Fsp3) is 0.257. The number of aryl methyl sites for hydroxylation is 3. The predicted molar refractivity (Wildman–Crippen MR) is 172 cm³/mol. The molecule has 5 aromatic rings. The van der Waals surface area contributed by atoms with Gasteiger partial charge in [0.25, 0.3) is 5.91 Å². The lowest BCUT2D eigenvalue weighted by molar-refractivity contribution is 0.0531.